The molecule has 0 bridgehead atoms. The first kappa shape index (κ1) is 19.4. The number of rotatable bonds is 5. The Morgan fingerprint density at radius 3 is 2.84 bits per heavy atom. The minimum absolute atomic E-state index is 0.210. The number of nitrogens with one attached hydrogen (secondary N) is 2. The fourth-order valence-corrected chi connectivity index (χ4v) is 5.02. The first-order chi connectivity index (χ1) is 15.6. The highest BCUT2D eigenvalue weighted by atomic mass is 32.1. The van der Waals surface area contributed by atoms with Crippen LogP contribution in [0.3, 0.4) is 0 Å². The summed E-state index contributed by atoms with van der Waals surface area (Å²) in [5.41, 5.74) is 3.15. The average Bonchev–Trinajstić information content (AvgIpc) is 3.17. The highest BCUT2D eigenvalue weighted by Crippen LogP contribution is 2.26. The average molecular weight is 450 g/mol. The van der Waals surface area contributed by atoms with Gasteiger partial charge in [0, 0.05) is 33.7 Å². The van der Waals surface area contributed by atoms with Crippen LogP contribution in [0.5, 0.6) is 5.88 Å². The van der Waals surface area contributed by atoms with Gasteiger partial charge in [0.05, 0.1) is 17.9 Å². The van der Waals surface area contributed by atoms with Crippen molar-refractivity contribution in [2.45, 2.75) is 38.3 Å². The Balaban J connectivity index is 1.46. The number of fused-ring (bicyclic) bond motifs is 1. The lowest BCUT2D eigenvalue weighted by molar-refractivity contribution is 0.334. The van der Waals surface area contributed by atoms with E-state index in [1.54, 1.807) is 28.1 Å². The molecule has 4 aromatic rings. The summed E-state index contributed by atoms with van der Waals surface area (Å²) in [6.45, 7) is 3.33. The van der Waals surface area contributed by atoms with Crippen molar-refractivity contribution in [3.8, 4) is 17.1 Å². The summed E-state index contributed by atoms with van der Waals surface area (Å²) in [7, 11) is 0. The Kier molecular flexibility index (Phi) is 4.69. The number of aromatic hydroxyl groups is 1. The van der Waals surface area contributed by atoms with Gasteiger partial charge < -0.3 is 10.1 Å². The van der Waals surface area contributed by atoms with Crippen molar-refractivity contribution < 1.29 is 5.11 Å². The lowest BCUT2D eigenvalue weighted by atomic mass is 10.2. The summed E-state index contributed by atoms with van der Waals surface area (Å²) in [6, 6.07) is 4.56. The summed E-state index contributed by atoms with van der Waals surface area (Å²) in [5, 5.41) is 17.3. The number of H-pyrrole nitrogens is 2. The van der Waals surface area contributed by atoms with E-state index >= 15 is 0 Å². The molecule has 2 aliphatic rings. The van der Waals surface area contributed by atoms with E-state index in [0.29, 0.717) is 22.6 Å². The van der Waals surface area contributed by atoms with E-state index in [2.05, 4.69) is 31.4 Å². The van der Waals surface area contributed by atoms with Gasteiger partial charge in [-0.1, -0.05) is 0 Å². The Labute approximate surface area is 186 Å². The van der Waals surface area contributed by atoms with Crippen molar-refractivity contribution in [3.63, 3.8) is 0 Å². The molecular weight excluding hydrogens is 426 g/mol. The second-order valence-electron chi connectivity index (χ2n) is 8.47. The van der Waals surface area contributed by atoms with Crippen LogP contribution in [0.15, 0.2) is 33.5 Å². The molecule has 1 aliphatic carbocycles. The molecule has 3 N–H and O–H groups in total. The van der Waals surface area contributed by atoms with Gasteiger partial charge in [0.15, 0.2) is 11.1 Å². The number of aromatic nitrogens is 5. The molecule has 1 saturated heterocycles. The lowest BCUT2D eigenvalue weighted by Gasteiger charge is -2.12. The van der Waals surface area contributed by atoms with Crippen LogP contribution in [-0.2, 0) is 6.54 Å². The third kappa shape index (κ3) is 3.76. The topological polar surface area (TPSA) is 115 Å². The van der Waals surface area contributed by atoms with Gasteiger partial charge in [-0.3, -0.25) is 14.9 Å². The second kappa shape index (κ2) is 7.72. The van der Waals surface area contributed by atoms with E-state index in [9.17, 15) is 9.90 Å². The summed E-state index contributed by atoms with van der Waals surface area (Å²) >= 11 is 1.76. The van der Waals surface area contributed by atoms with Crippen LogP contribution in [0.4, 0.5) is 0 Å². The van der Waals surface area contributed by atoms with Gasteiger partial charge in [-0.25, -0.2) is 9.78 Å². The van der Waals surface area contributed by atoms with Crippen LogP contribution in [0.2, 0.25) is 0 Å². The van der Waals surface area contributed by atoms with Gasteiger partial charge in [-0.15, -0.1) is 11.3 Å². The minimum atomic E-state index is -0.466. The summed E-state index contributed by atoms with van der Waals surface area (Å²) in [4.78, 5) is 30.0. The van der Waals surface area contributed by atoms with Crippen molar-refractivity contribution in [1.29, 1.82) is 0 Å². The molecule has 0 radical (unpaired) electrons. The quantitative estimate of drug-likeness (QED) is 0.426. The molecule has 1 saturated carbocycles. The second-order valence-corrected chi connectivity index (χ2v) is 9.46. The van der Waals surface area contributed by atoms with Gasteiger partial charge in [-0.2, -0.15) is 9.61 Å². The highest BCUT2D eigenvalue weighted by molar-refractivity contribution is 7.10. The first-order valence-electron chi connectivity index (χ1n) is 10.9. The van der Waals surface area contributed by atoms with Gasteiger partial charge in [0.2, 0.25) is 5.88 Å². The highest BCUT2D eigenvalue weighted by Gasteiger charge is 2.21. The molecule has 4 aromatic heterocycles. The van der Waals surface area contributed by atoms with Crippen LogP contribution in [0, 0.1) is 0 Å². The fourth-order valence-electron chi connectivity index (χ4n) is 4.10. The Bertz CT molecular complexity index is 1470. The zero-order valence-corrected chi connectivity index (χ0v) is 18.2. The number of aromatic amines is 2. The molecule has 0 spiro atoms. The molecule has 1 aliphatic heterocycles. The third-order valence-electron chi connectivity index (χ3n) is 5.90. The minimum Gasteiger partial charge on any atom is -0.493 e. The molecule has 5 heterocycles. The predicted molar refractivity (Wildman–Crippen MR) is 121 cm³/mol. The maximum atomic E-state index is 11.5. The predicted octanol–water partition coefficient (Wildman–Crippen LogP) is 1.39. The van der Waals surface area contributed by atoms with Crippen molar-refractivity contribution in [2.24, 2.45) is 4.99 Å². The Morgan fingerprint density at radius 1 is 1.25 bits per heavy atom. The van der Waals surface area contributed by atoms with Crippen molar-refractivity contribution >= 4 is 23.1 Å². The smallest absolute Gasteiger partial charge is 0.326 e. The lowest BCUT2D eigenvalue weighted by Crippen LogP contribution is -2.19. The molecule has 0 unspecified atom stereocenters. The molecule has 10 heteroatoms. The molecule has 2 fully saturated rings. The van der Waals surface area contributed by atoms with E-state index in [1.807, 2.05) is 6.07 Å². The summed E-state index contributed by atoms with van der Waals surface area (Å²) < 4.78 is 1.73. The normalized spacial score (nSPS) is 18.4. The van der Waals surface area contributed by atoms with E-state index in [-0.39, 0.29) is 5.88 Å². The maximum Gasteiger partial charge on any atom is 0.326 e. The molecule has 9 nitrogen and oxygen atoms in total. The van der Waals surface area contributed by atoms with Crippen LogP contribution in [0.1, 0.15) is 36.3 Å². The van der Waals surface area contributed by atoms with Crippen molar-refractivity contribution in [1.82, 2.24) is 29.5 Å². The standard InChI is InChI=1S/C22H23N7O2S/c30-21-18(26-22(31)27-21)8-13-10-23-29-19(24-15-3-4-15)9-17(25-20(13)29)14-7-16(32-12-14)11-28-5-1-2-6-28/h7-10,12,15,30H,1-6,11H2,(H2,26,27,31)/b13-8+,24-19?. The number of likely N-dealkylation sites (tertiary alicyclic amines) is 1. The van der Waals surface area contributed by atoms with Gasteiger partial charge in [-0.05, 0) is 50.9 Å². The molecule has 0 atom stereocenters. The molecule has 164 valence electrons. The fraction of sp³-hybridized carbons (Fsp3) is 0.364. The summed E-state index contributed by atoms with van der Waals surface area (Å²) in [5.74, 6) is -0.210. The van der Waals surface area contributed by atoms with Gasteiger partial charge in [0.25, 0.3) is 0 Å². The van der Waals surface area contributed by atoms with Crippen LogP contribution in [-0.4, -0.2) is 53.7 Å². The first-order valence-corrected chi connectivity index (χ1v) is 11.8. The monoisotopic (exact) mass is 449 g/mol. The maximum absolute atomic E-state index is 11.5. The number of thiophene rings is 1. The zero-order chi connectivity index (χ0) is 21.7. The SMILES string of the molecule is O=c1[nH]c(O)c(/C=c2\cnn3c(=NC4CC4)cc(-c4csc(CN5CCCC5)c4)nc23)[nH]1. The largest absolute Gasteiger partial charge is 0.493 e. The van der Waals surface area contributed by atoms with Crippen molar-refractivity contribution in [2.75, 3.05) is 13.1 Å². The van der Waals surface area contributed by atoms with Crippen LogP contribution in [0.25, 0.3) is 23.0 Å². The van der Waals surface area contributed by atoms with E-state index in [4.69, 9.17) is 9.98 Å². The molecule has 6 rings (SSSR count). The van der Waals surface area contributed by atoms with Crippen LogP contribution < -0.4 is 16.4 Å². The van der Waals surface area contributed by atoms with E-state index in [0.717, 1.165) is 36.1 Å². The summed E-state index contributed by atoms with van der Waals surface area (Å²) in [6.07, 6.45) is 8.09. The van der Waals surface area contributed by atoms with Gasteiger partial charge >= 0.3 is 5.69 Å². The van der Waals surface area contributed by atoms with Gasteiger partial charge in [0.1, 0.15) is 5.69 Å². The zero-order valence-electron chi connectivity index (χ0n) is 17.4. The molecule has 0 aromatic carbocycles. The molecule has 32 heavy (non-hydrogen) atoms. The Hall–Kier alpha value is -3.24. The molecule has 0 amide bonds. The Morgan fingerprint density at radius 2 is 2.09 bits per heavy atom. The number of hydrogen-bond donors (Lipinski definition) is 3. The van der Waals surface area contributed by atoms with Crippen molar-refractivity contribution in [3.05, 3.63) is 55.5 Å². The third-order valence-corrected chi connectivity index (χ3v) is 6.83. The van der Waals surface area contributed by atoms with E-state index in [1.165, 1.54) is 30.8 Å². The molecular formula is C22H23N7O2S. The number of nitrogens with zero attached hydrogens (tertiary/aromatic N) is 5. The number of imidazole rings is 1. The number of hydrogen-bond acceptors (Lipinski definition) is 7. The van der Waals surface area contributed by atoms with Crippen LogP contribution >= 0.6 is 11.3 Å². The van der Waals surface area contributed by atoms with E-state index < -0.39 is 5.69 Å².